The highest BCUT2D eigenvalue weighted by Crippen LogP contribution is 2.22. The second-order valence-corrected chi connectivity index (χ2v) is 4.05. The van der Waals surface area contributed by atoms with E-state index in [2.05, 4.69) is 31.2 Å². The SMILES string of the molecule is O=C(O)c1cc(Nc2ncccn2)ccc1Br. The topological polar surface area (TPSA) is 75.1 Å². The molecule has 0 atom stereocenters. The van der Waals surface area contributed by atoms with Crippen molar-refractivity contribution in [1.29, 1.82) is 0 Å². The minimum atomic E-state index is -0.991. The molecule has 86 valence electrons. The number of carboxylic acids is 1. The highest BCUT2D eigenvalue weighted by Gasteiger charge is 2.09. The molecule has 0 unspecified atom stereocenters. The van der Waals surface area contributed by atoms with Crippen molar-refractivity contribution in [3.63, 3.8) is 0 Å². The lowest BCUT2D eigenvalue weighted by atomic mass is 10.2. The molecule has 0 aliphatic carbocycles. The largest absolute Gasteiger partial charge is 0.478 e. The van der Waals surface area contributed by atoms with E-state index in [9.17, 15) is 4.79 Å². The summed E-state index contributed by atoms with van der Waals surface area (Å²) in [7, 11) is 0. The maximum atomic E-state index is 10.9. The van der Waals surface area contributed by atoms with Crippen LogP contribution in [-0.4, -0.2) is 21.0 Å². The highest BCUT2D eigenvalue weighted by molar-refractivity contribution is 9.10. The molecular weight excluding hydrogens is 286 g/mol. The number of nitrogens with zero attached hydrogens (tertiary/aromatic N) is 2. The van der Waals surface area contributed by atoms with Crippen LogP contribution in [0, 0.1) is 0 Å². The van der Waals surface area contributed by atoms with Gasteiger partial charge in [-0.3, -0.25) is 0 Å². The van der Waals surface area contributed by atoms with Crippen LogP contribution in [0.2, 0.25) is 0 Å². The number of nitrogens with one attached hydrogen (secondary N) is 1. The molecule has 0 bridgehead atoms. The summed E-state index contributed by atoms with van der Waals surface area (Å²) in [5, 5.41) is 11.9. The van der Waals surface area contributed by atoms with Crippen molar-refractivity contribution in [2.45, 2.75) is 0 Å². The number of aromatic nitrogens is 2. The quantitative estimate of drug-likeness (QED) is 0.910. The minimum absolute atomic E-state index is 0.186. The van der Waals surface area contributed by atoms with E-state index in [1.165, 1.54) is 6.07 Å². The van der Waals surface area contributed by atoms with Gasteiger partial charge in [0.1, 0.15) is 0 Å². The van der Waals surface area contributed by atoms with Gasteiger partial charge in [-0.05, 0) is 40.2 Å². The molecule has 0 radical (unpaired) electrons. The normalized spacial score (nSPS) is 9.94. The Hall–Kier alpha value is -1.95. The second kappa shape index (κ2) is 4.92. The van der Waals surface area contributed by atoms with Gasteiger partial charge in [0.25, 0.3) is 0 Å². The zero-order chi connectivity index (χ0) is 12.3. The van der Waals surface area contributed by atoms with Crippen LogP contribution < -0.4 is 5.32 Å². The summed E-state index contributed by atoms with van der Waals surface area (Å²) in [6, 6.07) is 6.62. The Balaban J connectivity index is 2.29. The molecule has 0 amide bonds. The summed E-state index contributed by atoms with van der Waals surface area (Å²) >= 11 is 3.18. The Labute approximate surface area is 106 Å². The van der Waals surface area contributed by atoms with Gasteiger partial charge in [-0.2, -0.15) is 0 Å². The van der Waals surface area contributed by atoms with Crippen molar-refractivity contribution in [3.8, 4) is 0 Å². The third-order valence-electron chi connectivity index (χ3n) is 2.02. The van der Waals surface area contributed by atoms with Crippen LogP contribution in [0.25, 0.3) is 0 Å². The van der Waals surface area contributed by atoms with Crippen LogP contribution in [0.1, 0.15) is 10.4 Å². The molecule has 2 aromatic rings. The number of hydrogen-bond donors (Lipinski definition) is 2. The number of aromatic carboxylic acids is 1. The van der Waals surface area contributed by atoms with Gasteiger partial charge in [0, 0.05) is 22.6 Å². The fourth-order valence-electron chi connectivity index (χ4n) is 1.26. The summed E-state index contributed by atoms with van der Waals surface area (Å²) in [5.74, 6) is -0.569. The molecule has 6 heteroatoms. The van der Waals surface area contributed by atoms with Crippen molar-refractivity contribution >= 4 is 33.5 Å². The van der Waals surface area contributed by atoms with Gasteiger partial charge in [-0.15, -0.1) is 0 Å². The number of anilines is 2. The monoisotopic (exact) mass is 293 g/mol. The Kier molecular flexibility index (Phi) is 3.34. The average molecular weight is 294 g/mol. The van der Waals surface area contributed by atoms with E-state index in [1.807, 2.05) is 0 Å². The lowest BCUT2D eigenvalue weighted by molar-refractivity contribution is 0.0696. The molecule has 1 aromatic heterocycles. The zero-order valence-electron chi connectivity index (χ0n) is 8.59. The molecule has 0 fully saturated rings. The molecule has 0 spiro atoms. The highest BCUT2D eigenvalue weighted by atomic mass is 79.9. The predicted octanol–water partition coefficient (Wildman–Crippen LogP) is 2.68. The standard InChI is InChI=1S/C11H8BrN3O2/c12-9-3-2-7(6-8(9)10(16)17)15-11-13-4-1-5-14-11/h1-6H,(H,16,17)(H,13,14,15). The van der Waals surface area contributed by atoms with Crippen molar-refractivity contribution in [2.24, 2.45) is 0 Å². The summed E-state index contributed by atoms with van der Waals surface area (Å²) in [5.41, 5.74) is 0.808. The minimum Gasteiger partial charge on any atom is -0.478 e. The maximum absolute atomic E-state index is 10.9. The summed E-state index contributed by atoms with van der Waals surface area (Å²) in [6.45, 7) is 0. The first-order valence-corrected chi connectivity index (χ1v) is 5.53. The van der Waals surface area contributed by atoms with E-state index < -0.39 is 5.97 Å². The van der Waals surface area contributed by atoms with Crippen LogP contribution in [0.4, 0.5) is 11.6 Å². The zero-order valence-corrected chi connectivity index (χ0v) is 10.2. The lowest BCUT2D eigenvalue weighted by Crippen LogP contribution is -2.01. The van der Waals surface area contributed by atoms with E-state index in [1.54, 1.807) is 30.6 Å². The third-order valence-corrected chi connectivity index (χ3v) is 2.71. The summed E-state index contributed by atoms with van der Waals surface area (Å²) in [4.78, 5) is 18.9. The van der Waals surface area contributed by atoms with Crippen molar-refractivity contribution in [1.82, 2.24) is 9.97 Å². The smallest absolute Gasteiger partial charge is 0.336 e. The number of carboxylic acid groups (broad SMARTS) is 1. The van der Waals surface area contributed by atoms with Gasteiger partial charge in [-0.25, -0.2) is 14.8 Å². The Bertz CT molecular complexity index is 546. The van der Waals surface area contributed by atoms with E-state index in [0.717, 1.165) is 0 Å². The summed E-state index contributed by atoms with van der Waals surface area (Å²) in [6.07, 6.45) is 3.21. The molecule has 2 rings (SSSR count). The number of rotatable bonds is 3. The molecule has 1 aromatic carbocycles. The van der Waals surface area contributed by atoms with Crippen LogP contribution in [0.3, 0.4) is 0 Å². The first-order chi connectivity index (χ1) is 8.16. The van der Waals surface area contributed by atoms with Crippen LogP contribution in [-0.2, 0) is 0 Å². The fraction of sp³-hybridized carbons (Fsp3) is 0. The van der Waals surface area contributed by atoms with Gasteiger partial charge >= 0.3 is 5.97 Å². The predicted molar refractivity (Wildman–Crippen MR) is 66.4 cm³/mol. The second-order valence-electron chi connectivity index (χ2n) is 3.20. The Morgan fingerprint density at radius 2 is 2.00 bits per heavy atom. The van der Waals surface area contributed by atoms with Crippen LogP contribution in [0.5, 0.6) is 0 Å². The molecule has 0 saturated carbocycles. The van der Waals surface area contributed by atoms with Crippen molar-refractivity contribution in [3.05, 3.63) is 46.7 Å². The molecule has 1 heterocycles. The molecule has 17 heavy (non-hydrogen) atoms. The molecule has 2 N–H and O–H groups in total. The maximum Gasteiger partial charge on any atom is 0.336 e. The van der Waals surface area contributed by atoms with Crippen molar-refractivity contribution in [2.75, 3.05) is 5.32 Å². The number of halogens is 1. The van der Waals surface area contributed by atoms with E-state index in [0.29, 0.717) is 16.1 Å². The van der Waals surface area contributed by atoms with E-state index in [4.69, 9.17) is 5.11 Å². The van der Waals surface area contributed by atoms with Gasteiger partial charge in [0.2, 0.25) is 5.95 Å². The molecule has 0 aliphatic rings. The fourth-order valence-corrected chi connectivity index (χ4v) is 1.68. The van der Waals surface area contributed by atoms with Crippen LogP contribution in [0.15, 0.2) is 41.1 Å². The molecule has 0 saturated heterocycles. The summed E-state index contributed by atoms with van der Waals surface area (Å²) < 4.78 is 0.532. The Morgan fingerprint density at radius 1 is 1.29 bits per heavy atom. The van der Waals surface area contributed by atoms with E-state index >= 15 is 0 Å². The number of hydrogen-bond acceptors (Lipinski definition) is 4. The first kappa shape index (κ1) is 11.5. The van der Waals surface area contributed by atoms with Crippen molar-refractivity contribution < 1.29 is 9.90 Å². The van der Waals surface area contributed by atoms with Gasteiger partial charge in [-0.1, -0.05) is 0 Å². The van der Waals surface area contributed by atoms with Gasteiger partial charge in [0.05, 0.1) is 5.56 Å². The van der Waals surface area contributed by atoms with Crippen LogP contribution >= 0.6 is 15.9 Å². The molecule has 0 aliphatic heterocycles. The number of benzene rings is 1. The van der Waals surface area contributed by atoms with E-state index in [-0.39, 0.29) is 5.56 Å². The average Bonchev–Trinajstić information content (AvgIpc) is 2.32. The first-order valence-electron chi connectivity index (χ1n) is 4.74. The Morgan fingerprint density at radius 3 is 2.65 bits per heavy atom. The molecule has 5 nitrogen and oxygen atoms in total. The number of carbonyl (C=O) groups is 1. The van der Waals surface area contributed by atoms with Gasteiger partial charge in [0.15, 0.2) is 0 Å². The van der Waals surface area contributed by atoms with Gasteiger partial charge < -0.3 is 10.4 Å². The molecular formula is C11H8BrN3O2. The lowest BCUT2D eigenvalue weighted by Gasteiger charge is -2.06. The third kappa shape index (κ3) is 2.79.